The minimum absolute atomic E-state index is 0.0158. The molecule has 0 saturated heterocycles. The van der Waals surface area contributed by atoms with Gasteiger partial charge in [0, 0.05) is 30.4 Å². The average Bonchev–Trinajstić information content (AvgIpc) is 3.46. The highest BCUT2D eigenvalue weighted by molar-refractivity contribution is 7.89. The average molecular weight is 619 g/mol. The third kappa shape index (κ3) is 5.17. The van der Waals surface area contributed by atoms with Gasteiger partial charge in [0.15, 0.2) is 5.82 Å². The SMILES string of the molecule is CCn1nnc2c(F)c([C@H](c3cc(CN4C[C@@H](C)Cc5ccc(C)cc5S4(=O)=O)c(Cl)s3)C(C)(C)C(=O)O)ccc21. The Hall–Kier alpha value is -2.86. The van der Waals surface area contributed by atoms with E-state index in [9.17, 15) is 18.3 Å². The van der Waals surface area contributed by atoms with Gasteiger partial charge in [-0.25, -0.2) is 17.5 Å². The van der Waals surface area contributed by atoms with Crippen LogP contribution in [0.1, 0.15) is 60.7 Å². The van der Waals surface area contributed by atoms with Crippen molar-refractivity contribution in [3.05, 3.63) is 73.7 Å². The maximum Gasteiger partial charge on any atom is 0.310 e. The molecule has 2 aromatic heterocycles. The lowest BCUT2D eigenvalue weighted by Crippen LogP contribution is -2.33. The van der Waals surface area contributed by atoms with Gasteiger partial charge in [-0.1, -0.05) is 41.9 Å². The fraction of sp³-hybridized carbons (Fsp3) is 0.414. The van der Waals surface area contributed by atoms with Crippen molar-refractivity contribution in [2.24, 2.45) is 11.3 Å². The number of benzene rings is 2. The van der Waals surface area contributed by atoms with E-state index in [0.717, 1.165) is 22.5 Å². The number of carbonyl (C=O) groups is 1. The van der Waals surface area contributed by atoms with Gasteiger partial charge in [0.25, 0.3) is 0 Å². The molecular formula is C29H32ClFN4O4S2. The molecule has 5 rings (SSSR count). The lowest BCUT2D eigenvalue weighted by molar-refractivity contribution is -0.147. The molecule has 2 atom stereocenters. The number of sulfonamides is 1. The second kappa shape index (κ2) is 10.8. The van der Waals surface area contributed by atoms with Crippen molar-refractivity contribution in [1.82, 2.24) is 19.3 Å². The molecule has 0 aliphatic carbocycles. The normalized spacial score (nSPS) is 18.3. The van der Waals surface area contributed by atoms with E-state index in [4.69, 9.17) is 11.6 Å². The Balaban J connectivity index is 1.59. The number of nitrogens with zero attached hydrogens (tertiary/aromatic N) is 4. The summed E-state index contributed by atoms with van der Waals surface area (Å²) >= 11 is 7.85. The Bertz CT molecular complexity index is 1770. The number of hydrogen-bond acceptors (Lipinski definition) is 6. The molecule has 0 saturated carbocycles. The summed E-state index contributed by atoms with van der Waals surface area (Å²) in [5.74, 6) is -2.60. The largest absolute Gasteiger partial charge is 0.481 e. The molecule has 8 nitrogen and oxygen atoms in total. The summed E-state index contributed by atoms with van der Waals surface area (Å²) in [6.45, 7) is 9.65. The molecule has 12 heteroatoms. The summed E-state index contributed by atoms with van der Waals surface area (Å²) in [4.78, 5) is 13.3. The van der Waals surface area contributed by atoms with E-state index in [1.165, 1.54) is 4.31 Å². The molecule has 218 valence electrons. The maximum atomic E-state index is 16.0. The highest BCUT2D eigenvalue weighted by Gasteiger charge is 2.42. The number of aromatic nitrogens is 3. The molecule has 1 N–H and O–H groups in total. The number of aryl methyl sites for hydroxylation is 2. The first-order chi connectivity index (χ1) is 19.2. The molecule has 2 aromatic carbocycles. The molecule has 41 heavy (non-hydrogen) atoms. The number of thiophene rings is 1. The zero-order valence-corrected chi connectivity index (χ0v) is 25.9. The fourth-order valence-electron chi connectivity index (χ4n) is 5.61. The van der Waals surface area contributed by atoms with E-state index in [0.29, 0.717) is 44.7 Å². The molecule has 0 fully saturated rings. The highest BCUT2D eigenvalue weighted by Crippen LogP contribution is 2.47. The van der Waals surface area contributed by atoms with Crippen LogP contribution in [0.15, 0.2) is 41.3 Å². The van der Waals surface area contributed by atoms with Gasteiger partial charge >= 0.3 is 5.97 Å². The molecule has 0 bridgehead atoms. The summed E-state index contributed by atoms with van der Waals surface area (Å²) in [6.07, 6.45) is 0.632. The first kappa shape index (κ1) is 29.6. The van der Waals surface area contributed by atoms with Crippen LogP contribution < -0.4 is 0 Å². The standard InChI is InChI=1S/C29H32ClFN4O4S2/c1-6-35-21-10-9-20(25(31)26(21)32-33-35)24(29(4,5)28(36)37)22-13-19(27(30)40-22)15-34-14-17(3)11-18-8-7-16(2)12-23(18)41(34,38)39/h7-10,12-13,17,24H,6,11,14-15H2,1-5H3,(H,36,37)/t17-,24+/m0/s1. The molecular weight excluding hydrogens is 587 g/mol. The third-order valence-corrected chi connectivity index (χ3v) is 11.3. The number of hydrogen-bond donors (Lipinski definition) is 1. The minimum Gasteiger partial charge on any atom is -0.481 e. The van der Waals surface area contributed by atoms with E-state index in [-0.39, 0.29) is 23.5 Å². The van der Waals surface area contributed by atoms with Crippen molar-refractivity contribution in [3.63, 3.8) is 0 Å². The predicted octanol–water partition coefficient (Wildman–Crippen LogP) is 6.24. The second-order valence-corrected chi connectivity index (χ2v) is 15.0. The highest BCUT2D eigenvalue weighted by atomic mass is 35.5. The van der Waals surface area contributed by atoms with Crippen LogP contribution in [0.25, 0.3) is 11.0 Å². The quantitative estimate of drug-likeness (QED) is 0.263. The van der Waals surface area contributed by atoms with Gasteiger partial charge in [0.1, 0.15) is 5.52 Å². The topological polar surface area (TPSA) is 105 Å². The smallest absolute Gasteiger partial charge is 0.310 e. The van der Waals surface area contributed by atoms with Crippen LogP contribution in [0.4, 0.5) is 4.39 Å². The summed E-state index contributed by atoms with van der Waals surface area (Å²) in [7, 11) is -3.82. The van der Waals surface area contributed by atoms with Crippen molar-refractivity contribution < 1.29 is 22.7 Å². The summed E-state index contributed by atoms with van der Waals surface area (Å²) in [6, 6.07) is 10.5. The van der Waals surface area contributed by atoms with Gasteiger partial charge in [0.2, 0.25) is 10.0 Å². The van der Waals surface area contributed by atoms with Gasteiger partial charge in [-0.2, -0.15) is 4.31 Å². The third-order valence-electron chi connectivity index (χ3n) is 7.87. The Morgan fingerprint density at radius 1 is 1.27 bits per heavy atom. The lowest BCUT2D eigenvalue weighted by atomic mass is 9.73. The maximum absolute atomic E-state index is 16.0. The number of fused-ring (bicyclic) bond motifs is 2. The summed E-state index contributed by atoms with van der Waals surface area (Å²) in [5.41, 5.74) is 1.51. The summed E-state index contributed by atoms with van der Waals surface area (Å²) < 4.78 is 46.9. The summed E-state index contributed by atoms with van der Waals surface area (Å²) in [5, 5.41) is 18.2. The van der Waals surface area contributed by atoms with E-state index < -0.39 is 33.1 Å². The van der Waals surface area contributed by atoms with E-state index in [1.807, 2.05) is 32.9 Å². The number of carboxylic acid groups (broad SMARTS) is 1. The van der Waals surface area contributed by atoms with Crippen LogP contribution in [0.5, 0.6) is 0 Å². The van der Waals surface area contributed by atoms with Crippen LogP contribution in [-0.4, -0.2) is 45.3 Å². The predicted molar refractivity (Wildman–Crippen MR) is 157 cm³/mol. The van der Waals surface area contributed by atoms with Gasteiger partial charge in [0.05, 0.1) is 20.2 Å². The number of halogens is 2. The molecule has 4 aromatic rings. The molecule has 3 heterocycles. The van der Waals surface area contributed by atoms with Crippen LogP contribution in [0.2, 0.25) is 4.34 Å². The van der Waals surface area contributed by atoms with Crippen molar-refractivity contribution in [2.75, 3.05) is 6.54 Å². The van der Waals surface area contributed by atoms with E-state index in [1.54, 1.807) is 42.8 Å². The van der Waals surface area contributed by atoms with E-state index in [2.05, 4.69) is 10.3 Å². The van der Waals surface area contributed by atoms with Crippen molar-refractivity contribution >= 4 is 50.0 Å². The molecule has 0 unspecified atom stereocenters. The molecule has 0 amide bonds. The van der Waals surface area contributed by atoms with Crippen molar-refractivity contribution in [2.45, 2.75) is 64.9 Å². The van der Waals surface area contributed by atoms with Crippen LogP contribution >= 0.6 is 22.9 Å². The van der Waals surface area contributed by atoms with Crippen LogP contribution in [0, 0.1) is 24.1 Å². The first-order valence-electron chi connectivity index (χ1n) is 13.4. The number of rotatable bonds is 7. The molecule has 1 aliphatic heterocycles. The zero-order valence-electron chi connectivity index (χ0n) is 23.5. The van der Waals surface area contributed by atoms with Gasteiger partial charge < -0.3 is 5.11 Å². The van der Waals surface area contributed by atoms with E-state index >= 15 is 4.39 Å². The lowest BCUT2D eigenvalue weighted by Gasteiger charge is -2.30. The molecule has 0 spiro atoms. The molecule has 1 aliphatic rings. The van der Waals surface area contributed by atoms with Gasteiger partial charge in [-0.15, -0.1) is 16.4 Å². The van der Waals surface area contributed by atoms with Crippen LogP contribution in [-0.2, 0) is 34.3 Å². The zero-order chi connectivity index (χ0) is 29.9. The van der Waals surface area contributed by atoms with Gasteiger partial charge in [-0.3, -0.25) is 4.79 Å². The Kier molecular flexibility index (Phi) is 7.78. The van der Waals surface area contributed by atoms with Crippen LogP contribution in [0.3, 0.4) is 0 Å². The van der Waals surface area contributed by atoms with Crippen molar-refractivity contribution in [3.8, 4) is 0 Å². The Morgan fingerprint density at radius 3 is 2.68 bits per heavy atom. The van der Waals surface area contributed by atoms with Gasteiger partial charge in [-0.05, 0) is 80.5 Å². The number of carboxylic acids is 1. The monoisotopic (exact) mass is 618 g/mol. The number of aliphatic carboxylic acids is 1. The molecule has 0 radical (unpaired) electrons. The Morgan fingerprint density at radius 2 is 2.00 bits per heavy atom. The minimum atomic E-state index is -3.82. The second-order valence-electron chi connectivity index (χ2n) is 11.4. The first-order valence-corrected chi connectivity index (χ1v) is 16.0. The van der Waals surface area contributed by atoms with Crippen molar-refractivity contribution in [1.29, 1.82) is 0 Å². The fourth-order valence-corrected chi connectivity index (χ4v) is 9.05. The Labute approximate surface area is 247 Å².